The van der Waals surface area contributed by atoms with Gasteiger partial charge in [0.05, 0.1) is 0 Å². The molecule has 4 nitrogen and oxygen atoms in total. The number of amides is 1. The summed E-state index contributed by atoms with van der Waals surface area (Å²) < 4.78 is 13.9. The van der Waals surface area contributed by atoms with Gasteiger partial charge in [-0.1, -0.05) is 41.3 Å². The minimum absolute atomic E-state index is 0.207. The van der Waals surface area contributed by atoms with E-state index in [0.29, 0.717) is 16.4 Å². The topological polar surface area (TPSA) is 54.9 Å². The number of thioether (sulfide) groups is 1. The maximum Gasteiger partial charge on any atom is 0.257 e. The molecule has 1 N–H and O–H groups in total. The third-order valence-corrected chi connectivity index (χ3v) is 5.69. The van der Waals surface area contributed by atoms with Crippen molar-refractivity contribution in [1.82, 2.24) is 10.2 Å². The molecule has 0 aliphatic rings. The summed E-state index contributed by atoms with van der Waals surface area (Å²) >= 11 is 2.76. The highest BCUT2D eigenvalue weighted by Gasteiger charge is 2.11. The van der Waals surface area contributed by atoms with Crippen LogP contribution in [0.25, 0.3) is 0 Å². The van der Waals surface area contributed by atoms with Crippen LogP contribution in [0.4, 0.5) is 9.52 Å². The zero-order valence-corrected chi connectivity index (χ0v) is 15.4. The van der Waals surface area contributed by atoms with Crippen LogP contribution in [-0.4, -0.2) is 16.1 Å². The van der Waals surface area contributed by atoms with E-state index in [1.54, 1.807) is 12.1 Å². The summed E-state index contributed by atoms with van der Waals surface area (Å²) in [5, 5.41) is 11.3. The molecular formula is C18H16FN3OS2. The molecule has 0 unspecified atom stereocenters. The SMILES string of the molecule is Cc1ccc(C(=O)Nc2nnc(SCc3cccc(F)c3)s2)cc1C. The van der Waals surface area contributed by atoms with E-state index in [-0.39, 0.29) is 11.7 Å². The largest absolute Gasteiger partial charge is 0.296 e. The molecule has 128 valence electrons. The van der Waals surface area contributed by atoms with Crippen molar-refractivity contribution in [2.24, 2.45) is 0 Å². The summed E-state index contributed by atoms with van der Waals surface area (Å²) in [6.45, 7) is 3.97. The van der Waals surface area contributed by atoms with Gasteiger partial charge in [-0.15, -0.1) is 10.2 Å². The van der Waals surface area contributed by atoms with Gasteiger partial charge in [-0.25, -0.2) is 4.39 Å². The van der Waals surface area contributed by atoms with E-state index < -0.39 is 0 Å². The number of benzene rings is 2. The van der Waals surface area contributed by atoms with Crippen LogP contribution in [0.3, 0.4) is 0 Å². The van der Waals surface area contributed by atoms with Crippen LogP contribution in [0.15, 0.2) is 46.8 Å². The second kappa shape index (κ2) is 7.76. The Bertz CT molecular complexity index is 911. The smallest absolute Gasteiger partial charge is 0.257 e. The zero-order chi connectivity index (χ0) is 17.8. The lowest BCUT2D eigenvalue weighted by Crippen LogP contribution is -2.12. The van der Waals surface area contributed by atoms with Gasteiger partial charge in [-0.2, -0.15) is 0 Å². The van der Waals surface area contributed by atoms with Crippen molar-refractivity contribution in [1.29, 1.82) is 0 Å². The van der Waals surface area contributed by atoms with Crippen LogP contribution in [-0.2, 0) is 5.75 Å². The van der Waals surface area contributed by atoms with Crippen molar-refractivity contribution in [3.05, 3.63) is 70.5 Å². The summed E-state index contributed by atoms with van der Waals surface area (Å²) in [4.78, 5) is 12.3. The molecule has 0 spiro atoms. The number of halogens is 1. The van der Waals surface area contributed by atoms with Crippen LogP contribution in [0, 0.1) is 19.7 Å². The summed E-state index contributed by atoms with van der Waals surface area (Å²) in [5.74, 6) is 0.134. The van der Waals surface area contributed by atoms with E-state index in [1.165, 1.54) is 35.2 Å². The number of rotatable bonds is 5. The average Bonchev–Trinajstić information content (AvgIpc) is 3.03. The standard InChI is InChI=1S/C18H16FN3OS2/c1-11-6-7-14(8-12(11)2)16(23)20-17-21-22-18(25-17)24-10-13-4-3-5-15(19)9-13/h3-9H,10H2,1-2H3,(H,20,21,23). The fourth-order valence-corrected chi connectivity index (χ4v) is 3.83. The van der Waals surface area contributed by atoms with E-state index >= 15 is 0 Å². The predicted octanol–water partition coefficient (Wildman–Crippen LogP) is 4.84. The van der Waals surface area contributed by atoms with Crippen LogP contribution < -0.4 is 5.32 Å². The molecule has 1 aromatic heterocycles. The van der Waals surface area contributed by atoms with Crippen LogP contribution in [0.5, 0.6) is 0 Å². The Kier molecular flexibility index (Phi) is 5.45. The Labute approximate surface area is 153 Å². The van der Waals surface area contributed by atoms with E-state index in [0.717, 1.165) is 21.0 Å². The molecule has 2 aromatic carbocycles. The van der Waals surface area contributed by atoms with E-state index in [1.807, 2.05) is 32.0 Å². The molecular weight excluding hydrogens is 357 g/mol. The van der Waals surface area contributed by atoms with Crippen molar-refractivity contribution < 1.29 is 9.18 Å². The zero-order valence-electron chi connectivity index (χ0n) is 13.7. The number of carbonyl (C=O) groups excluding carboxylic acids is 1. The normalized spacial score (nSPS) is 10.7. The molecule has 0 atom stereocenters. The maximum atomic E-state index is 13.2. The lowest BCUT2D eigenvalue weighted by Gasteiger charge is -2.04. The first kappa shape index (κ1) is 17.6. The number of hydrogen-bond donors (Lipinski definition) is 1. The number of aryl methyl sites for hydroxylation is 2. The van der Waals surface area contributed by atoms with Gasteiger partial charge in [-0.05, 0) is 54.8 Å². The Balaban J connectivity index is 1.61. The van der Waals surface area contributed by atoms with Crippen molar-refractivity contribution >= 4 is 34.1 Å². The Morgan fingerprint density at radius 3 is 2.76 bits per heavy atom. The van der Waals surface area contributed by atoms with Crippen molar-refractivity contribution in [2.45, 2.75) is 23.9 Å². The predicted molar refractivity (Wildman–Crippen MR) is 99.7 cm³/mol. The first-order valence-corrected chi connectivity index (χ1v) is 9.41. The second-order valence-electron chi connectivity index (χ2n) is 5.54. The van der Waals surface area contributed by atoms with Gasteiger partial charge >= 0.3 is 0 Å². The summed E-state index contributed by atoms with van der Waals surface area (Å²) in [6.07, 6.45) is 0. The molecule has 0 aliphatic heterocycles. The number of nitrogens with one attached hydrogen (secondary N) is 1. The fourth-order valence-electron chi connectivity index (χ4n) is 2.14. The molecule has 0 saturated carbocycles. The molecule has 3 aromatic rings. The third kappa shape index (κ3) is 4.64. The van der Waals surface area contributed by atoms with Crippen molar-refractivity contribution in [3.63, 3.8) is 0 Å². The lowest BCUT2D eigenvalue weighted by atomic mass is 10.1. The quantitative estimate of drug-likeness (QED) is 0.514. The Hall–Kier alpha value is -2.25. The number of anilines is 1. The maximum absolute atomic E-state index is 13.2. The third-order valence-electron chi connectivity index (χ3n) is 3.65. The second-order valence-corrected chi connectivity index (χ2v) is 7.74. The monoisotopic (exact) mass is 373 g/mol. The highest BCUT2D eigenvalue weighted by molar-refractivity contribution is 8.00. The first-order chi connectivity index (χ1) is 12.0. The number of nitrogens with zero attached hydrogens (tertiary/aromatic N) is 2. The van der Waals surface area contributed by atoms with Crippen molar-refractivity contribution in [3.8, 4) is 0 Å². The van der Waals surface area contributed by atoms with Crippen LogP contribution >= 0.6 is 23.1 Å². The van der Waals surface area contributed by atoms with Gasteiger partial charge in [0.15, 0.2) is 4.34 Å². The number of aromatic nitrogens is 2. The lowest BCUT2D eigenvalue weighted by molar-refractivity contribution is 0.102. The summed E-state index contributed by atoms with van der Waals surface area (Å²) in [7, 11) is 0. The minimum atomic E-state index is -0.253. The molecule has 7 heteroatoms. The highest BCUT2D eigenvalue weighted by atomic mass is 32.2. The number of carbonyl (C=O) groups is 1. The molecule has 0 bridgehead atoms. The van der Waals surface area contributed by atoms with Gasteiger partial charge in [0.25, 0.3) is 5.91 Å². The van der Waals surface area contributed by atoms with E-state index in [4.69, 9.17) is 0 Å². The number of hydrogen-bond acceptors (Lipinski definition) is 5. The van der Waals surface area contributed by atoms with Gasteiger partial charge in [0.2, 0.25) is 5.13 Å². The van der Waals surface area contributed by atoms with E-state index in [9.17, 15) is 9.18 Å². The molecule has 1 amide bonds. The van der Waals surface area contributed by atoms with Gasteiger partial charge in [0.1, 0.15) is 5.82 Å². The molecule has 0 saturated heterocycles. The Morgan fingerprint density at radius 2 is 2.00 bits per heavy atom. The van der Waals surface area contributed by atoms with Gasteiger partial charge in [-0.3, -0.25) is 10.1 Å². The van der Waals surface area contributed by atoms with Crippen LogP contribution in [0.1, 0.15) is 27.0 Å². The van der Waals surface area contributed by atoms with Gasteiger partial charge in [0, 0.05) is 11.3 Å². The van der Waals surface area contributed by atoms with Crippen LogP contribution in [0.2, 0.25) is 0 Å². The molecule has 0 aliphatic carbocycles. The molecule has 25 heavy (non-hydrogen) atoms. The minimum Gasteiger partial charge on any atom is -0.296 e. The summed E-state index contributed by atoms with van der Waals surface area (Å²) in [6, 6.07) is 12.0. The molecule has 0 fully saturated rings. The fraction of sp³-hybridized carbons (Fsp3) is 0.167. The molecule has 1 heterocycles. The van der Waals surface area contributed by atoms with Crippen molar-refractivity contribution in [2.75, 3.05) is 5.32 Å². The summed E-state index contributed by atoms with van der Waals surface area (Å²) in [5.41, 5.74) is 3.67. The molecule has 3 rings (SSSR count). The van der Waals surface area contributed by atoms with Gasteiger partial charge < -0.3 is 0 Å². The first-order valence-electron chi connectivity index (χ1n) is 7.60. The highest BCUT2D eigenvalue weighted by Crippen LogP contribution is 2.28. The van der Waals surface area contributed by atoms with E-state index in [2.05, 4.69) is 15.5 Å². The Morgan fingerprint density at radius 1 is 1.16 bits per heavy atom. The average molecular weight is 373 g/mol. The molecule has 0 radical (unpaired) electrons.